The summed E-state index contributed by atoms with van der Waals surface area (Å²) in [6.45, 7) is 2.38. The molecule has 3 atom stereocenters. The summed E-state index contributed by atoms with van der Waals surface area (Å²) < 4.78 is 0. The van der Waals surface area contributed by atoms with Gasteiger partial charge in [0.2, 0.25) is 0 Å². The van der Waals surface area contributed by atoms with E-state index in [0.717, 1.165) is 17.8 Å². The summed E-state index contributed by atoms with van der Waals surface area (Å²) in [5.74, 6) is 2.69. The van der Waals surface area contributed by atoms with Gasteiger partial charge in [0.05, 0.1) is 0 Å². The van der Waals surface area contributed by atoms with E-state index in [1.54, 1.807) is 0 Å². The molecule has 0 aromatic heterocycles. The van der Waals surface area contributed by atoms with Crippen molar-refractivity contribution in [2.24, 2.45) is 17.8 Å². The Morgan fingerprint density at radius 1 is 1.00 bits per heavy atom. The van der Waals surface area contributed by atoms with Gasteiger partial charge in [-0.2, -0.15) is 0 Å². The molecule has 0 aliphatic heterocycles. The van der Waals surface area contributed by atoms with E-state index in [4.69, 9.17) is 0 Å². The first-order chi connectivity index (χ1) is 5.36. The highest BCUT2D eigenvalue weighted by Gasteiger charge is 2.25. The SMILES string of the molecule is CC1CCC2C=CC=CC2C1. The van der Waals surface area contributed by atoms with Crippen LogP contribution in [-0.2, 0) is 0 Å². The van der Waals surface area contributed by atoms with Gasteiger partial charge in [0, 0.05) is 0 Å². The van der Waals surface area contributed by atoms with Crippen molar-refractivity contribution in [3.8, 4) is 0 Å². The smallest absolute Gasteiger partial charge is 0.0165 e. The second-order valence-electron chi connectivity index (χ2n) is 4.02. The maximum absolute atomic E-state index is 2.39. The lowest BCUT2D eigenvalue weighted by Crippen LogP contribution is -2.21. The van der Waals surface area contributed by atoms with Crippen molar-refractivity contribution in [2.45, 2.75) is 26.2 Å². The van der Waals surface area contributed by atoms with Crippen LogP contribution in [-0.4, -0.2) is 0 Å². The maximum Gasteiger partial charge on any atom is -0.0165 e. The van der Waals surface area contributed by atoms with Crippen molar-refractivity contribution in [2.75, 3.05) is 0 Å². The number of fused-ring (bicyclic) bond motifs is 1. The molecule has 0 bridgehead atoms. The molecule has 0 nitrogen and oxygen atoms in total. The summed E-state index contributed by atoms with van der Waals surface area (Å²) in [5.41, 5.74) is 0. The average molecular weight is 148 g/mol. The predicted molar refractivity (Wildman–Crippen MR) is 48.3 cm³/mol. The lowest BCUT2D eigenvalue weighted by atomic mass is 9.73. The van der Waals surface area contributed by atoms with Crippen molar-refractivity contribution < 1.29 is 0 Å². The number of allylic oxidation sites excluding steroid dienone is 4. The van der Waals surface area contributed by atoms with Crippen molar-refractivity contribution in [1.82, 2.24) is 0 Å². The normalized spacial score (nSPS) is 42.1. The van der Waals surface area contributed by atoms with Gasteiger partial charge in [-0.3, -0.25) is 0 Å². The second kappa shape index (κ2) is 2.84. The minimum absolute atomic E-state index is 0.865. The van der Waals surface area contributed by atoms with E-state index in [2.05, 4.69) is 31.2 Å². The van der Waals surface area contributed by atoms with Crippen LogP contribution in [0.4, 0.5) is 0 Å². The van der Waals surface area contributed by atoms with E-state index < -0.39 is 0 Å². The minimum Gasteiger partial charge on any atom is -0.0808 e. The summed E-state index contributed by atoms with van der Waals surface area (Å²) >= 11 is 0. The zero-order chi connectivity index (χ0) is 7.68. The summed E-state index contributed by atoms with van der Waals surface area (Å²) in [7, 11) is 0. The van der Waals surface area contributed by atoms with Crippen LogP contribution in [0, 0.1) is 17.8 Å². The fourth-order valence-corrected chi connectivity index (χ4v) is 2.32. The largest absolute Gasteiger partial charge is 0.0808 e. The lowest BCUT2D eigenvalue weighted by Gasteiger charge is -2.32. The number of hydrogen-bond acceptors (Lipinski definition) is 0. The number of hydrogen-bond donors (Lipinski definition) is 0. The van der Waals surface area contributed by atoms with Crippen LogP contribution >= 0.6 is 0 Å². The molecule has 0 heterocycles. The Kier molecular flexibility index (Phi) is 1.85. The highest BCUT2D eigenvalue weighted by molar-refractivity contribution is 5.15. The molecule has 0 aromatic rings. The second-order valence-corrected chi connectivity index (χ2v) is 4.02. The summed E-state index contributed by atoms with van der Waals surface area (Å²) in [5, 5.41) is 0. The van der Waals surface area contributed by atoms with Gasteiger partial charge in [0.1, 0.15) is 0 Å². The molecule has 0 amide bonds. The molecule has 0 heteroatoms. The molecule has 0 aromatic carbocycles. The molecule has 60 valence electrons. The Hall–Kier alpha value is -0.520. The molecule has 2 aliphatic rings. The molecule has 2 aliphatic carbocycles. The predicted octanol–water partition coefficient (Wildman–Crippen LogP) is 3.16. The Morgan fingerprint density at radius 2 is 1.73 bits per heavy atom. The Balaban J connectivity index is 2.07. The van der Waals surface area contributed by atoms with Crippen LogP contribution in [0.1, 0.15) is 26.2 Å². The highest BCUT2D eigenvalue weighted by Crippen LogP contribution is 2.36. The zero-order valence-electron chi connectivity index (χ0n) is 7.16. The van der Waals surface area contributed by atoms with Crippen molar-refractivity contribution in [1.29, 1.82) is 0 Å². The molecule has 1 fully saturated rings. The quantitative estimate of drug-likeness (QED) is 0.495. The van der Waals surface area contributed by atoms with E-state index >= 15 is 0 Å². The highest BCUT2D eigenvalue weighted by atomic mass is 14.3. The summed E-state index contributed by atoms with van der Waals surface area (Å²) in [6, 6.07) is 0. The van der Waals surface area contributed by atoms with Crippen LogP contribution in [0.3, 0.4) is 0 Å². The van der Waals surface area contributed by atoms with Crippen molar-refractivity contribution >= 4 is 0 Å². The van der Waals surface area contributed by atoms with Crippen LogP contribution in [0.2, 0.25) is 0 Å². The fraction of sp³-hybridized carbons (Fsp3) is 0.636. The Morgan fingerprint density at radius 3 is 2.55 bits per heavy atom. The van der Waals surface area contributed by atoms with Crippen LogP contribution < -0.4 is 0 Å². The van der Waals surface area contributed by atoms with Crippen molar-refractivity contribution in [3.63, 3.8) is 0 Å². The van der Waals surface area contributed by atoms with Crippen molar-refractivity contribution in [3.05, 3.63) is 24.3 Å². The van der Waals surface area contributed by atoms with E-state index in [1.807, 2.05) is 0 Å². The van der Waals surface area contributed by atoms with E-state index in [0.29, 0.717) is 0 Å². The molecule has 0 saturated heterocycles. The van der Waals surface area contributed by atoms with Gasteiger partial charge in [0.25, 0.3) is 0 Å². The molecule has 1 saturated carbocycles. The lowest BCUT2D eigenvalue weighted by molar-refractivity contribution is 0.265. The van der Waals surface area contributed by atoms with Gasteiger partial charge < -0.3 is 0 Å². The van der Waals surface area contributed by atoms with Gasteiger partial charge in [-0.05, 0) is 30.6 Å². The standard InChI is InChI=1S/C11H16/c1-9-6-7-10-4-2-3-5-11(10)8-9/h2-5,9-11H,6-8H2,1H3. The third-order valence-electron chi connectivity index (χ3n) is 3.04. The first kappa shape index (κ1) is 7.15. The summed E-state index contributed by atoms with van der Waals surface area (Å²) in [6.07, 6.45) is 13.4. The summed E-state index contributed by atoms with van der Waals surface area (Å²) in [4.78, 5) is 0. The van der Waals surface area contributed by atoms with Gasteiger partial charge in [-0.1, -0.05) is 37.6 Å². The van der Waals surface area contributed by atoms with Gasteiger partial charge in [-0.25, -0.2) is 0 Å². The van der Waals surface area contributed by atoms with E-state index in [-0.39, 0.29) is 0 Å². The van der Waals surface area contributed by atoms with Crippen LogP contribution in [0.5, 0.6) is 0 Å². The Labute approximate surface area is 69.0 Å². The molecule has 0 radical (unpaired) electrons. The fourth-order valence-electron chi connectivity index (χ4n) is 2.32. The number of rotatable bonds is 0. The molecule has 0 spiro atoms. The first-order valence-corrected chi connectivity index (χ1v) is 4.71. The third kappa shape index (κ3) is 1.40. The third-order valence-corrected chi connectivity index (χ3v) is 3.04. The molecule has 2 rings (SSSR count). The first-order valence-electron chi connectivity index (χ1n) is 4.71. The van der Waals surface area contributed by atoms with Crippen LogP contribution in [0.25, 0.3) is 0 Å². The molecule has 0 N–H and O–H groups in total. The minimum atomic E-state index is 0.865. The molecule has 3 unspecified atom stereocenters. The van der Waals surface area contributed by atoms with Gasteiger partial charge >= 0.3 is 0 Å². The monoisotopic (exact) mass is 148 g/mol. The zero-order valence-corrected chi connectivity index (χ0v) is 7.16. The van der Waals surface area contributed by atoms with Gasteiger partial charge in [-0.15, -0.1) is 0 Å². The average Bonchev–Trinajstić information content (AvgIpc) is 2.04. The Bertz CT molecular complexity index is 188. The van der Waals surface area contributed by atoms with E-state index in [1.165, 1.54) is 19.3 Å². The van der Waals surface area contributed by atoms with E-state index in [9.17, 15) is 0 Å². The topological polar surface area (TPSA) is 0 Å². The van der Waals surface area contributed by atoms with Gasteiger partial charge in [0.15, 0.2) is 0 Å². The molecular weight excluding hydrogens is 132 g/mol. The van der Waals surface area contributed by atoms with Crippen LogP contribution in [0.15, 0.2) is 24.3 Å². The maximum atomic E-state index is 2.39. The molecule has 11 heavy (non-hydrogen) atoms. The molecular formula is C11H16.